The Balaban J connectivity index is 1.50. The van der Waals surface area contributed by atoms with Gasteiger partial charge in [0.2, 0.25) is 5.95 Å². The Morgan fingerprint density at radius 1 is 0.929 bits per heavy atom. The number of aliphatic hydroxyl groups is 1. The Bertz CT molecular complexity index is 919. The molecule has 144 valence electrons. The van der Waals surface area contributed by atoms with Crippen LogP contribution in [0.25, 0.3) is 11.3 Å². The minimum atomic E-state index is -0.878. The average molecular weight is 375 g/mol. The van der Waals surface area contributed by atoms with E-state index in [2.05, 4.69) is 44.0 Å². The molecule has 0 radical (unpaired) electrons. The third kappa shape index (κ3) is 3.68. The first kappa shape index (κ1) is 18.4. The lowest BCUT2D eigenvalue weighted by molar-refractivity contribution is 0.00738. The van der Waals surface area contributed by atoms with Gasteiger partial charge < -0.3 is 14.9 Å². The standard InChI is InChI=1S/C22H25N5O/c1-26(2)18-8-6-17(7-9-18)19-10-14-24-21(25-19)27-15-11-22(28,12-16-27)20-5-3-4-13-23-20/h3-10,13-14,28H,11-12,15-16H2,1-2H3. The Labute approximate surface area is 165 Å². The maximum Gasteiger partial charge on any atom is 0.225 e. The molecule has 2 aromatic heterocycles. The van der Waals surface area contributed by atoms with Crippen molar-refractivity contribution in [1.82, 2.24) is 15.0 Å². The Kier molecular flexibility index (Phi) is 4.96. The summed E-state index contributed by atoms with van der Waals surface area (Å²) < 4.78 is 0. The summed E-state index contributed by atoms with van der Waals surface area (Å²) in [5.74, 6) is 0.706. The predicted octanol–water partition coefficient (Wildman–Crippen LogP) is 3.09. The van der Waals surface area contributed by atoms with Crippen LogP contribution in [0.2, 0.25) is 0 Å². The molecule has 3 heterocycles. The van der Waals surface area contributed by atoms with Crippen LogP contribution in [-0.2, 0) is 5.60 Å². The highest BCUT2D eigenvalue weighted by Crippen LogP contribution is 2.33. The van der Waals surface area contributed by atoms with E-state index in [1.54, 1.807) is 12.4 Å². The highest BCUT2D eigenvalue weighted by molar-refractivity contribution is 5.63. The molecule has 1 aromatic carbocycles. The predicted molar refractivity (Wildman–Crippen MR) is 111 cm³/mol. The lowest BCUT2D eigenvalue weighted by atomic mass is 9.88. The molecule has 1 fully saturated rings. The van der Waals surface area contributed by atoms with Gasteiger partial charge in [-0.05, 0) is 43.2 Å². The number of nitrogens with zero attached hydrogens (tertiary/aromatic N) is 5. The maximum absolute atomic E-state index is 11.0. The fourth-order valence-corrected chi connectivity index (χ4v) is 3.56. The largest absolute Gasteiger partial charge is 0.383 e. The second kappa shape index (κ2) is 7.56. The van der Waals surface area contributed by atoms with Crippen LogP contribution in [0.4, 0.5) is 11.6 Å². The van der Waals surface area contributed by atoms with Crippen molar-refractivity contribution in [1.29, 1.82) is 0 Å². The van der Waals surface area contributed by atoms with E-state index in [4.69, 9.17) is 4.98 Å². The SMILES string of the molecule is CN(C)c1ccc(-c2ccnc(N3CCC(O)(c4ccccn4)CC3)n2)cc1. The lowest BCUT2D eigenvalue weighted by Gasteiger charge is -2.37. The summed E-state index contributed by atoms with van der Waals surface area (Å²) in [7, 11) is 4.06. The molecule has 1 N–H and O–H groups in total. The van der Waals surface area contributed by atoms with Crippen molar-refractivity contribution in [2.45, 2.75) is 18.4 Å². The molecule has 0 bridgehead atoms. The molecule has 0 amide bonds. The van der Waals surface area contributed by atoms with Gasteiger partial charge in [0.05, 0.1) is 11.4 Å². The van der Waals surface area contributed by atoms with E-state index in [1.165, 1.54) is 0 Å². The van der Waals surface area contributed by atoms with E-state index in [1.807, 2.05) is 38.4 Å². The minimum Gasteiger partial charge on any atom is -0.383 e. The Morgan fingerprint density at radius 3 is 2.32 bits per heavy atom. The molecule has 4 rings (SSSR count). The molecule has 0 atom stereocenters. The number of benzene rings is 1. The van der Waals surface area contributed by atoms with E-state index in [0.29, 0.717) is 31.9 Å². The first-order valence-corrected chi connectivity index (χ1v) is 9.55. The molecule has 1 saturated heterocycles. The molecule has 1 aliphatic rings. The highest BCUT2D eigenvalue weighted by Gasteiger charge is 2.35. The number of hydrogen-bond donors (Lipinski definition) is 1. The topological polar surface area (TPSA) is 65.4 Å². The molecule has 0 aliphatic carbocycles. The fraction of sp³-hybridized carbons (Fsp3) is 0.318. The molecular weight excluding hydrogens is 350 g/mol. The van der Waals surface area contributed by atoms with E-state index in [0.717, 1.165) is 22.6 Å². The van der Waals surface area contributed by atoms with Gasteiger partial charge in [0.15, 0.2) is 0 Å². The number of anilines is 2. The van der Waals surface area contributed by atoms with Crippen molar-refractivity contribution in [2.24, 2.45) is 0 Å². The fourth-order valence-electron chi connectivity index (χ4n) is 3.56. The van der Waals surface area contributed by atoms with Crippen LogP contribution >= 0.6 is 0 Å². The van der Waals surface area contributed by atoms with E-state index in [9.17, 15) is 5.11 Å². The first-order chi connectivity index (χ1) is 13.5. The summed E-state index contributed by atoms with van der Waals surface area (Å²) >= 11 is 0. The first-order valence-electron chi connectivity index (χ1n) is 9.55. The average Bonchev–Trinajstić information content (AvgIpc) is 2.75. The summed E-state index contributed by atoms with van der Waals surface area (Å²) in [6.07, 6.45) is 4.75. The molecule has 1 aliphatic heterocycles. The van der Waals surface area contributed by atoms with Gasteiger partial charge in [-0.3, -0.25) is 4.98 Å². The second-order valence-electron chi connectivity index (χ2n) is 7.42. The smallest absolute Gasteiger partial charge is 0.225 e. The molecule has 28 heavy (non-hydrogen) atoms. The van der Waals surface area contributed by atoms with Crippen LogP contribution in [0.3, 0.4) is 0 Å². The molecule has 0 unspecified atom stereocenters. The monoisotopic (exact) mass is 375 g/mol. The molecule has 0 saturated carbocycles. The zero-order valence-corrected chi connectivity index (χ0v) is 16.3. The van der Waals surface area contributed by atoms with Gasteiger partial charge >= 0.3 is 0 Å². The number of hydrogen-bond acceptors (Lipinski definition) is 6. The highest BCUT2D eigenvalue weighted by atomic mass is 16.3. The van der Waals surface area contributed by atoms with Gasteiger partial charge in [-0.2, -0.15) is 0 Å². The molecule has 6 heteroatoms. The van der Waals surface area contributed by atoms with Gasteiger partial charge in [-0.25, -0.2) is 9.97 Å². The van der Waals surface area contributed by atoms with Crippen molar-refractivity contribution in [3.8, 4) is 11.3 Å². The van der Waals surface area contributed by atoms with Crippen molar-refractivity contribution >= 4 is 11.6 Å². The number of piperidine rings is 1. The van der Waals surface area contributed by atoms with Crippen LogP contribution in [-0.4, -0.2) is 47.2 Å². The van der Waals surface area contributed by atoms with Crippen molar-refractivity contribution in [2.75, 3.05) is 37.0 Å². The van der Waals surface area contributed by atoms with Crippen molar-refractivity contribution < 1.29 is 5.11 Å². The quantitative estimate of drug-likeness (QED) is 0.756. The zero-order chi connectivity index (χ0) is 19.6. The van der Waals surface area contributed by atoms with E-state index in [-0.39, 0.29) is 0 Å². The summed E-state index contributed by atoms with van der Waals surface area (Å²) in [6.45, 7) is 1.38. The van der Waals surface area contributed by atoms with E-state index < -0.39 is 5.60 Å². The number of aromatic nitrogens is 3. The van der Waals surface area contributed by atoms with Gasteiger partial charge in [0.1, 0.15) is 5.60 Å². The van der Waals surface area contributed by atoms with Gasteiger partial charge in [0, 0.05) is 50.8 Å². The molecule has 0 spiro atoms. The molecule has 3 aromatic rings. The zero-order valence-electron chi connectivity index (χ0n) is 16.3. The third-order valence-corrected chi connectivity index (χ3v) is 5.34. The molecular formula is C22H25N5O. The normalized spacial score (nSPS) is 16.0. The van der Waals surface area contributed by atoms with Gasteiger partial charge in [-0.15, -0.1) is 0 Å². The van der Waals surface area contributed by atoms with Crippen molar-refractivity contribution in [3.63, 3.8) is 0 Å². The summed E-state index contributed by atoms with van der Waals surface area (Å²) in [5.41, 5.74) is 2.99. The maximum atomic E-state index is 11.0. The Hall–Kier alpha value is -2.99. The summed E-state index contributed by atoms with van der Waals surface area (Å²) in [4.78, 5) is 17.8. The number of pyridine rings is 1. The van der Waals surface area contributed by atoms with Gasteiger partial charge in [0.25, 0.3) is 0 Å². The molecule has 6 nitrogen and oxygen atoms in total. The lowest BCUT2D eigenvalue weighted by Crippen LogP contribution is -2.43. The van der Waals surface area contributed by atoms with Crippen LogP contribution in [0.1, 0.15) is 18.5 Å². The third-order valence-electron chi connectivity index (χ3n) is 5.34. The van der Waals surface area contributed by atoms with E-state index >= 15 is 0 Å². The summed E-state index contributed by atoms with van der Waals surface area (Å²) in [5, 5.41) is 11.0. The Morgan fingerprint density at radius 2 is 1.68 bits per heavy atom. The summed E-state index contributed by atoms with van der Waals surface area (Å²) in [6, 6.07) is 15.9. The minimum absolute atomic E-state index is 0.606. The number of rotatable bonds is 4. The van der Waals surface area contributed by atoms with Crippen LogP contribution < -0.4 is 9.80 Å². The van der Waals surface area contributed by atoms with Gasteiger partial charge in [-0.1, -0.05) is 18.2 Å². The van der Waals surface area contributed by atoms with Crippen LogP contribution in [0, 0.1) is 0 Å². The van der Waals surface area contributed by atoms with Crippen molar-refractivity contribution in [3.05, 3.63) is 66.6 Å². The van der Waals surface area contributed by atoms with Crippen LogP contribution in [0.5, 0.6) is 0 Å². The van der Waals surface area contributed by atoms with Crippen LogP contribution in [0.15, 0.2) is 60.9 Å². The second-order valence-corrected chi connectivity index (χ2v) is 7.42.